The largest absolute Gasteiger partial charge is 0.279 e. The number of aromatic nitrogens is 2. The molecular formula is C9H12ClN3O2S. The minimum absolute atomic E-state index is 0.0234. The monoisotopic (exact) mass is 261 g/mol. The highest BCUT2D eigenvalue weighted by Gasteiger charge is 2.27. The van der Waals surface area contributed by atoms with Gasteiger partial charge in [0.2, 0.25) is 0 Å². The van der Waals surface area contributed by atoms with Gasteiger partial charge in [0.1, 0.15) is 11.6 Å². The molecule has 1 aromatic heterocycles. The first kappa shape index (κ1) is 13.0. The molecule has 1 rings (SSSR count). The summed E-state index contributed by atoms with van der Waals surface area (Å²) in [6, 6.07) is 1.70. The molecule has 16 heavy (non-hydrogen) atoms. The summed E-state index contributed by atoms with van der Waals surface area (Å²) in [6.07, 6.45) is 0.700. The number of rotatable bonds is 3. The van der Waals surface area contributed by atoms with E-state index in [1.165, 1.54) is 4.68 Å². The van der Waals surface area contributed by atoms with Crippen LogP contribution in [0, 0.1) is 18.3 Å². The van der Waals surface area contributed by atoms with Gasteiger partial charge in [-0.2, -0.15) is 10.4 Å². The molecule has 0 aliphatic heterocycles. The molecule has 0 bridgehead atoms. The van der Waals surface area contributed by atoms with Crippen molar-refractivity contribution in [2.24, 2.45) is 0 Å². The highest BCUT2D eigenvalue weighted by atomic mass is 35.7. The molecule has 88 valence electrons. The normalized spacial score (nSPS) is 13.4. The lowest BCUT2D eigenvalue weighted by molar-refractivity contribution is 0.436. The van der Waals surface area contributed by atoms with Crippen LogP contribution in [0.5, 0.6) is 0 Å². The summed E-state index contributed by atoms with van der Waals surface area (Å²) in [5.41, 5.74) is 0.400. The first-order valence-corrected chi connectivity index (χ1v) is 7.07. The Hall–Kier alpha value is -1.06. The third-order valence-corrected chi connectivity index (χ3v) is 3.68. The van der Waals surface area contributed by atoms with Crippen LogP contribution in [0.2, 0.25) is 0 Å². The zero-order valence-corrected chi connectivity index (χ0v) is 10.8. The Morgan fingerprint density at radius 1 is 1.62 bits per heavy atom. The van der Waals surface area contributed by atoms with Crippen LogP contribution in [0.4, 0.5) is 0 Å². The summed E-state index contributed by atoms with van der Waals surface area (Å²) in [4.78, 5) is 0. The van der Waals surface area contributed by atoms with E-state index in [1.54, 1.807) is 6.92 Å². The summed E-state index contributed by atoms with van der Waals surface area (Å²) in [6.45, 7) is 5.31. The van der Waals surface area contributed by atoms with Crippen LogP contribution >= 0.6 is 10.7 Å². The average molecular weight is 262 g/mol. The van der Waals surface area contributed by atoms with E-state index in [2.05, 4.69) is 5.10 Å². The molecule has 1 heterocycles. The van der Waals surface area contributed by atoms with Crippen molar-refractivity contribution in [3.63, 3.8) is 0 Å². The zero-order valence-electron chi connectivity index (χ0n) is 9.23. The van der Waals surface area contributed by atoms with Gasteiger partial charge >= 0.3 is 0 Å². The van der Waals surface area contributed by atoms with Gasteiger partial charge in [0.05, 0.1) is 11.7 Å². The lowest BCUT2D eigenvalue weighted by Gasteiger charge is -2.11. The molecule has 7 heteroatoms. The van der Waals surface area contributed by atoms with Gasteiger partial charge in [-0.1, -0.05) is 6.92 Å². The van der Waals surface area contributed by atoms with Crippen molar-refractivity contribution >= 4 is 19.7 Å². The number of nitriles is 1. The second-order valence-electron chi connectivity index (χ2n) is 3.52. The fourth-order valence-electron chi connectivity index (χ4n) is 1.36. The maximum atomic E-state index is 11.4. The van der Waals surface area contributed by atoms with Crippen LogP contribution in [-0.2, 0) is 9.05 Å². The third kappa shape index (κ3) is 2.20. The van der Waals surface area contributed by atoms with Crippen LogP contribution in [-0.4, -0.2) is 18.2 Å². The maximum Gasteiger partial charge on any atom is 0.279 e. The molecule has 0 aliphatic carbocycles. The zero-order chi connectivity index (χ0) is 12.5. The van der Waals surface area contributed by atoms with E-state index in [1.807, 2.05) is 19.9 Å². The second-order valence-corrected chi connectivity index (χ2v) is 6.00. The quantitative estimate of drug-likeness (QED) is 0.780. The first-order chi connectivity index (χ1) is 7.32. The van der Waals surface area contributed by atoms with E-state index in [9.17, 15) is 8.42 Å². The molecule has 0 aliphatic rings. The highest BCUT2D eigenvalue weighted by molar-refractivity contribution is 8.13. The summed E-state index contributed by atoms with van der Waals surface area (Å²) in [5, 5.41) is 12.7. The minimum atomic E-state index is -3.96. The summed E-state index contributed by atoms with van der Waals surface area (Å²) in [5.74, 6) is 0. The van der Waals surface area contributed by atoms with Gasteiger partial charge < -0.3 is 0 Å². The molecule has 1 unspecified atom stereocenters. The van der Waals surface area contributed by atoms with E-state index >= 15 is 0 Å². The van der Waals surface area contributed by atoms with Gasteiger partial charge in [-0.15, -0.1) is 0 Å². The number of halogens is 1. The molecule has 0 amide bonds. The molecule has 0 fully saturated rings. The molecule has 0 saturated carbocycles. The van der Waals surface area contributed by atoms with Gasteiger partial charge in [0.25, 0.3) is 9.05 Å². The predicted octanol–water partition coefficient (Wildman–Crippen LogP) is 1.96. The predicted molar refractivity (Wildman–Crippen MR) is 59.7 cm³/mol. The Morgan fingerprint density at radius 2 is 2.19 bits per heavy atom. The van der Waals surface area contributed by atoms with Gasteiger partial charge in [0.15, 0.2) is 5.03 Å². The lowest BCUT2D eigenvalue weighted by Crippen LogP contribution is -2.12. The van der Waals surface area contributed by atoms with Crippen LogP contribution in [0.25, 0.3) is 0 Å². The summed E-state index contributed by atoms with van der Waals surface area (Å²) >= 11 is 0. The fraction of sp³-hybridized carbons (Fsp3) is 0.556. The lowest BCUT2D eigenvalue weighted by atomic mass is 10.2. The summed E-state index contributed by atoms with van der Waals surface area (Å²) < 4.78 is 24.1. The SMILES string of the molecule is CCC(C)n1nc(C)c(C#N)c1S(=O)(=O)Cl. The number of nitrogens with zero attached hydrogens (tertiary/aromatic N) is 3. The van der Waals surface area contributed by atoms with Crippen LogP contribution in [0.1, 0.15) is 37.6 Å². The van der Waals surface area contributed by atoms with Gasteiger partial charge in [0, 0.05) is 10.7 Å². The van der Waals surface area contributed by atoms with E-state index in [0.29, 0.717) is 12.1 Å². The Balaban J connectivity index is 3.60. The first-order valence-electron chi connectivity index (χ1n) is 4.76. The average Bonchev–Trinajstić information content (AvgIpc) is 2.53. The van der Waals surface area contributed by atoms with Crippen molar-refractivity contribution in [3.8, 4) is 6.07 Å². The number of hydrogen-bond acceptors (Lipinski definition) is 4. The van der Waals surface area contributed by atoms with E-state index < -0.39 is 9.05 Å². The molecular weight excluding hydrogens is 250 g/mol. The Labute approximate surface area is 99.1 Å². The number of hydrogen-bond donors (Lipinski definition) is 0. The Morgan fingerprint density at radius 3 is 2.56 bits per heavy atom. The number of aryl methyl sites for hydroxylation is 1. The van der Waals surface area contributed by atoms with E-state index in [4.69, 9.17) is 15.9 Å². The molecule has 0 spiro atoms. The van der Waals surface area contributed by atoms with Crippen molar-refractivity contribution in [3.05, 3.63) is 11.3 Å². The van der Waals surface area contributed by atoms with Crippen molar-refractivity contribution in [1.82, 2.24) is 9.78 Å². The van der Waals surface area contributed by atoms with E-state index in [-0.39, 0.29) is 16.6 Å². The smallest absolute Gasteiger partial charge is 0.249 e. The van der Waals surface area contributed by atoms with Gasteiger partial charge in [-0.3, -0.25) is 0 Å². The van der Waals surface area contributed by atoms with Crippen LogP contribution < -0.4 is 0 Å². The maximum absolute atomic E-state index is 11.4. The van der Waals surface area contributed by atoms with Crippen LogP contribution in [0.3, 0.4) is 0 Å². The fourth-order valence-corrected chi connectivity index (χ4v) is 2.69. The molecule has 1 aromatic rings. The molecule has 1 atom stereocenters. The van der Waals surface area contributed by atoms with Crippen molar-refractivity contribution in [1.29, 1.82) is 5.26 Å². The summed E-state index contributed by atoms with van der Waals surface area (Å²) in [7, 11) is 1.36. The molecule has 5 nitrogen and oxygen atoms in total. The third-order valence-electron chi connectivity index (χ3n) is 2.39. The molecule has 0 N–H and O–H groups in total. The Bertz CT molecular complexity index is 542. The van der Waals surface area contributed by atoms with E-state index in [0.717, 1.165) is 0 Å². The minimum Gasteiger partial charge on any atom is -0.249 e. The van der Waals surface area contributed by atoms with Crippen molar-refractivity contribution in [2.75, 3.05) is 0 Å². The molecule has 0 saturated heterocycles. The van der Waals surface area contributed by atoms with Crippen molar-refractivity contribution in [2.45, 2.75) is 38.3 Å². The van der Waals surface area contributed by atoms with Crippen LogP contribution in [0.15, 0.2) is 5.03 Å². The standard InChI is InChI=1S/C9H12ClN3O2S/c1-4-6(2)13-9(16(10,14)15)8(5-11)7(3)12-13/h6H,4H2,1-3H3. The van der Waals surface area contributed by atoms with Gasteiger partial charge in [-0.25, -0.2) is 13.1 Å². The second kappa shape index (κ2) is 4.44. The molecule has 0 radical (unpaired) electrons. The van der Waals surface area contributed by atoms with Crippen molar-refractivity contribution < 1.29 is 8.42 Å². The molecule has 0 aromatic carbocycles. The highest BCUT2D eigenvalue weighted by Crippen LogP contribution is 2.26. The van der Waals surface area contributed by atoms with Gasteiger partial charge in [-0.05, 0) is 20.3 Å². The topological polar surface area (TPSA) is 75.8 Å². The Kier molecular flexibility index (Phi) is 3.61.